The average molecular weight is 264 g/mol. The molecule has 0 spiro atoms. The Balaban J connectivity index is 2.69. The van der Waals surface area contributed by atoms with Gasteiger partial charge in [-0.3, -0.25) is 4.79 Å². The Morgan fingerprint density at radius 1 is 1.42 bits per heavy atom. The first kappa shape index (κ1) is 15.2. The first-order chi connectivity index (χ1) is 9.05. The van der Waals surface area contributed by atoms with E-state index in [1.807, 2.05) is 6.07 Å². The van der Waals surface area contributed by atoms with Crippen LogP contribution in [0.1, 0.15) is 18.9 Å². The average Bonchev–Trinajstić information content (AvgIpc) is 2.43. The third-order valence-corrected chi connectivity index (χ3v) is 3.01. The fourth-order valence-electron chi connectivity index (χ4n) is 1.58. The number of amides is 1. The van der Waals surface area contributed by atoms with Crippen molar-refractivity contribution in [3.8, 4) is 0 Å². The van der Waals surface area contributed by atoms with Crippen LogP contribution < -0.4 is 11.1 Å². The van der Waals surface area contributed by atoms with Crippen LogP contribution >= 0.6 is 0 Å². The maximum Gasteiger partial charge on any atom is 0.244 e. The number of carbonyl (C=O) groups excluding carboxylic acids is 1. The normalized spacial score (nSPS) is 11.7. The molecule has 5 heteroatoms. The molecule has 1 rings (SSSR count). The van der Waals surface area contributed by atoms with E-state index in [4.69, 9.17) is 5.73 Å². The first-order valence-corrected chi connectivity index (χ1v) is 6.13. The molecule has 0 aliphatic rings. The molecule has 1 amide bonds. The lowest BCUT2D eigenvalue weighted by Gasteiger charge is -2.29. The molecule has 5 N–H and O–H groups in total. The zero-order valence-corrected chi connectivity index (χ0v) is 11.0. The number of nitrogen functional groups attached to an aromatic ring is 1. The van der Waals surface area contributed by atoms with Gasteiger partial charge in [0.1, 0.15) is 0 Å². The van der Waals surface area contributed by atoms with Gasteiger partial charge in [-0.25, -0.2) is 0 Å². The van der Waals surface area contributed by atoms with E-state index in [1.165, 1.54) is 6.08 Å². The summed E-state index contributed by atoms with van der Waals surface area (Å²) in [6.45, 7) is 1.17. The largest absolute Gasteiger partial charge is 0.399 e. The lowest BCUT2D eigenvalue weighted by Crippen LogP contribution is -2.53. The summed E-state index contributed by atoms with van der Waals surface area (Å²) in [4.78, 5) is 11.7. The second-order valence-electron chi connectivity index (χ2n) is 4.44. The van der Waals surface area contributed by atoms with Crippen molar-refractivity contribution in [2.75, 3.05) is 18.9 Å². The fourth-order valence-corrected chi connectivity index (χ4v) is 1.58. The van der Waals surface area contributed by atoms with Gasteiger partial charge in [0.15, 0.2) is 0 Å². The summed E-state index contributed by atoms with van der Waals surface area (Å²) in [5, 5.41) is 21.1. The van der Waals surface area contributed by atoms with Crippen LogP contribution in [0.15, 0.2) is 30.3 Å². The van der Waals surface area contributed by atoms with E-state index in [0.717, 1.165) is 5.56 Å². The summed E-state index contributed by atoms with van der Waals surface area (Å²) >= 11 is 0. The Hall–Kier alpha value is -1.85. The van der Waals surface area contributed by atoms with Crippen LogP contribution in [0, 0.1) is 0 Å². The molecule has 0 saturated heterocycles. The van der Waals surface area contributed by atoms with E-state index in [1.54, 1.807) is 31.2 Å². The van der Waals surface area contributed by atoms with Gasteiger partial charge < -0.3 is 21.3 Å². The monoisotopic (exact) mass is 264 g/mol. The predicted molar refractivity (Wildman–Crippen MR) is 75.2 cm³/mol. The fraction of sp³-hybridized carbons (Fsp3) is 0.357. The van der Waals surface area contributed by atoms with Crippen LogP contribution in [0.5, 0.6) is 0 Å². The van der Waals surface area contributed by atoms with E-state index in [9.17, 15) is 15.0 Å². The predicted octanol–water partition coefficient (Wildman–Crippen LogP) is 0.532. The van der Waals surface area contributed by atoms with Crippen LogP contribution in [0.3, 0.4) is 0 Å². The standard InChI is InChI=1S/C14H20N2O3/c1-2-14(9-17,10-18)16-13(19)7-6-11-4-3-5-12(15)8-11/h3-8,17-18H,2,9-10,15H2,1H3,(H,16,19)/b7-6+. The van der Waals surface area contributed by atoms with Crippen molar-refractivity contribution in [3.63, 3.8) is 0 Å². The lowest BCUT2D eigenvalue weighted by molar-refractivity contribution is -0.119. The molecule has 0 heterocycles. The van der Waals surface area contributed by atoms with Crippen LogP contribution in [-0.4, -0.2) is 34.9 Å². The summed E-state index contributed by atoms with van der Waals surface area (Å²) in [6.07, 6.45) is 3.42. The van der Waals surface area contributed by atoms with Crippen molar-refractivity contribution in [1.29, 1.82) is 0 Å². The second kappa shape index (κ2) is 6.92. The van der Waals surface area contributed by atoms with Gasteiger partial charge in [0.2, 0.25) is 5.91 Å². The molecule has 1 aromatic rings. The Morgan fingerprint density at radius 2 is 2.11 bits per heavy atom. The van der Waals surface area contributed by atoms with Crippen molar-refractivity contribution in [2.24, 2.45) is 0 Å². The topological polar surface area (TPSA) is 95.6 Å². The SMILES string of the molecule is CCC(CO)(CO)NC(=O)/C=C/c1cccc(N)c1. The van der Waals surface area contributed by atoms with Crippen LogP contribution in [0.4, 0.5) is 5.69 Å². The summed E-state index contributed by atoms with van der Waals surface area (Å²) in [6, 6.07) is 7.13. The molecule has 104 valence electrons. The number of benzene rings is 1. The Bertz CT molecular complexity index is 445. The Labute approximate surface area is 112 Å². The minimum Gasteiger partial charge on any atom is -0.399 e. The molecule has 5 nitrogen and oxygen atoms in total. The summed E-state index contributed by atoms with van der Waals surface area (Å²) in [5.41, 5.74) is 6.09. The molecule has 1 aromatic carbocycles. The molecule has 0 unspecified atom stereocenters. The zero-order chi connectivity index (χ0) is 14.3. The minimum atomic E-state index is -0.975. The lowest BCUT2D eigenvalue weighted by atomic mass is 9.98. The van der Waals surface area contributed by atoms with E-state index in [2.05, 4.69) is 5.32 Å². The highest BCUT2D eigenvalue weighted by molar-refractivity contribution is 5.92. The molecular weight excluding hydrogens is 244 g/mol. The van der Waals surface area contributed by atoms with Crippen molar-refractivity contribution in [2.45, 2.75) is 18.9 Å². The maximum absolute atomic E-state index is 11.7. The van der Waals surface area contributed by atoms with Gasteiger partial charge in [-0.05, 0) is 30.2 Å². The number of rotatable bonds is 6. The van der Waals surface area contributed by atoms with E-state index in [-0.39, 0.29) is 19.1 Å². The second-order valence-corrected chi connectivity index (χ2v) is 4.44. The molecule has 0 atom stereocenters. The van der Waals surface area contributed by atoms with Crippen molar-refractivity contribution < 1.29 is 15.0 Å². The van der Waals surface area contributed by atoms with Crippen LogP contribution in [0.25, 0.3) is 6.08 Å². The van der Waals surface area contributed by atoms with E-state index >= 15 is 0 Å². The molecule has 0 fully saturated rings. The number of aliphatic hydroxyl groups is 2. The van der Waals surface area contributed by atoms with Crippen LogP contribution in [-0.2, 0) is 4.79 Å². The molecule has 0 bridgehead atoms. The quantitative estimate of drug-likeness (QED) is 0.445. The summed E-state index contributed by atoms with van der Waals surface area (Å²) in [7, 11) is 0. The van der Waals surface area contributed by atoms with Crippen LogP contribution in [0.2, 0.25) is 0 Å². The number of aliphatic hydroxyl groups excluding tert-OH is 2. The molecule has 0 saturated carbocycles. The Morgan fingerprint density at radius 3 is 2.63 bits per heavy atom. The van der Waals surface area contributed by atoms with Gasteiger partial charge in [-0.2, -0.15) is 0 Å². The van der Waals surface area contributed by atoms with Gasteiger partial charge in [0, 0.05) is 11.8 Å². The number of nitrogens with two attached hydrogens (primary N) is 1. The number of hydrogen-bond acceptors (Lipinski definition) is 4. The Kier molecular flexibility index (Phi) is 5.54. The highest BCUT2D eigenvalue weighted by Gasteiger charge is 2.27. The molecule has 0 radical (unpaired) electrons. The molecule has 19 heavy (non-hydrogen) atoms. The smallest absolute Gasteiger partial charge is 0.244 e. The van der Waals surface area contributed by atoms with Crippen molar-refractivity contribution >= 4 is 17.7 Å². The third kappa shape index (κ3) is 4.39. The summed E-state index contributed by atoms with van der Waals surface area (Å²) in [5.74, 6) is -0.368. The van der Waals surface area contributed by atoms with E-state index < -0.39 is 5.54 Å². The van der Waals surface area contributed by atoms with Gasteiger partial charge in [0.25, 0.3) is 0 Å². The van der Waals surface area contributed by atoms with Crippen molar-refractivity contribution in [3.05, 3.63) is 35.9 Å². The van der Waals surface area contributed by atoms with Crippen molar-refractivity contribution in [1.82, 2.24) is 5.32 Å². The molecule has 0 aliphatic heterocycles. The number of nitrogens with one attached hydrogen (secondary N) is 1. The first-order valence-electron chi connectivity index (χ1n) is 6.13. The van der Waals surface area contributed by atoms with E-state index in [0.29, 0.717) is 12.1 Å². The minimum absolute atomic E-state index is 0.308. The number of hydrogen-bond donors (Lipinski definition) is 4. The highest BCUT2D eigenvalue weighted by atomic mass is 16.3. The number of carbonyl (C=O) groups is 1. The third-order valence-electron chi connectivity index (χ3n) is 3.01. The highest BCUT2D eigenvalue weighted by Crippen LogP contribution is 2.10. The summed E-state index contributed by atoms with van der Waals surface area (Å²) < 4.78 is 0. The van der Waals surface area contributed by atoms with Gasteiger partial charge in [0.05, 0.1) is 18.8 Å². The molecule has 0 aromatic heterocycles. The van der Waals surface area contributed by atoms with Gasteiger partial charge in [-0.15, -0.1) is 0 Å². The number of anilines is 1. The maximum atomic E-state index is 11.7. The molecular formula is C14H20N2O3. The van der Waals surface area contributed by atoms with Gasteiger partial charge in [-0.1, -0.05) is 19.1 Å². The van der Waals surface area contributed by atoms with Gasteiger partial charge >= 0.3 is 0 Å². The molecule has 0 aliphatic carbocycles. The zero-order valence-electron chi connectivity index (χ0n) is 11.0.